The van der Waals surface area contributed by atoms with Crippen molar-refractivity contribution in [1.29, 1.82) is 0 Å². The van der Waals surface area contributed by atoms with Gasteiger partial charge in [-0.15, -0.1) is 0 Å². The molecule has 1 amide bonds. The van der Waals surface area contributed by atoms with E-state index in [2.05, 4.69) is 31.3 Å². The largest absolute Gasteiger partial charge is 0.394 e. The molecule has 2 aliphatic rings. The van der Waals surface area contributed by atoms with E-state index in [0.717, 1.165) is 44.9 Å². The maximum Gasteiger partial charge on any atom is 0.220 e. The molecule has 14 nitrogen and oxygen atoms in total. The van der Waals surface area contributed by atoms with Gasteiger partial charge in [-0.2, -0.15) is 0 Å². The second-order valence-electron chi connectivity index (χ2n) is 16.2. The van der Waals surface area contributed by atoms with Gasteiger partial charge < -0.3 is 65.1 Å². The van der Waals surface area contributed by atoms with Crippen LogP contribution in [0.4, 0.5) is 0 Å². The molecule has 2 aliphatic heterocycles. The number of hydrogen-bond donors (Lipinski definition) is 9. The lowest BCUT2D eigenvalue weighted by atomic mass is 9.97. The van der Waals surface area contributed by atoms with Crippen molar-refractivity contribution in [3.8, 4) is 0 Å². The van der Waals surface area contributed by atoms with Crippen LogP contribution in [0.1, 0.15) is 155 Å². The number of carbonyl (C=O) groups is 1. The molecule has 0 aromatic rings. The molecule has 12 atom stereocenters. The number of aliphatic hydroxyl groups is 8. The molecule has 12 unspecified atom stereocenters. The van der Waals surface area contributed by atoms with Crippen LogP contribution in [0.3, 0.4) is 0 Å². The van der Waals surface area contributed by atoms with Gasteiger partial charge in [0.15, 0.2) is 12.6 Å². The summed E-state index contributed by atoms with van der Waals surface area (Å²) in [6, 6.07) is -0.908. The molecule has 340 valence electrons. The lowest BCUT2D eigenvalue weighted by Crippen LogP contribution is -2.65. The zero-order valence-corrected chi connectivity index (χ0v) is 35.5. The van der Waals surface area contributed by atoms with Gasteiger partial charge in [0.2, 0.25) is 5.91 Å². The average Bonchev–Trinajstić information content (AvgIpc) is 3.22. The van der Waals surface area contributed by atoms with Crippen molar-refractivity contribution in [2.45, 2.75) is 229 Å². The Morgan fingerprint density at radius 2 is 1.09 bits per heavy atom. The molecule has 0 aliphatic carbocycles. The molecule has 2 fully saturated rings. The Hall–Kier alpha value is -1.53. The molecule has 0 bridgehead atoms. The minimum absolute atomic E-state index is 0.251. The number of unbranched alkanes of at least 4 members (excludes halogenated alkanes) is 18. The fourth-order valence-corrected chi connectivity index (χ4v) is 7.34. The molecule has 0 spiro atoms. The Labute approximate surface area is 348 Å². The Bertz CT molecular complexity index is 1080. The molecule has 2 saturated heterocycles. The maximum absolute atomic E-state index is 13.0. The van der Waals surface area contributed by atoms with E-state index in [0.29, 0.717) is 6.42 Å². The number of amides is 1. The van der Waals surface area contributed by atoms with E-state index in [1.165, 1.54) is 83.5 Å². The Balaban J connectivity index is 1.77. The van der Waals surface area contributed by atoms with Crippen LogP contribution in [-0.2, 0) is 23.7 Å². The number of carbonyl (C=O) groups excluding carboxylic acids is 1. The zero-order chi connectivity index (χ0) is 42.5. The van der Waals surface area contributed by atoms with Crippen LogP contribution in [0, 0.1) is 0 Å². The topological polar surface area (TPSA) is 228 Å². The van der Waals surface area contributed by atoms with Crippen molar-refractivity contribution in [3.63, 3.8) is 0 Å². The number of hydrogen-bond acceptors (Lipinski definition) is 13. The first-order valence-electron chi connectivity index (χ1n) is 22.6. The van der Waals surface area contributed by atoms with Gasteiger partial charge in [0.05, 0.1) is 32.0 Å². The normalized spacial score (nSPS) is 29.0. The maximum atomic E-state index is 13.0. The molecule has 2 heterocycles. The first kappa shape index (κ1) is 52.6. The molecule has 0 saturated carbocycles. The zero-order valence-electron chi connectivity index (χ0n) is 35.5. The van der Waals surface area contributed by atoms with Crippen LogP contribution in [0.5, 0.6) is 0 Å². The molecule has 58 heavy (non-hydrogen) atoms. The van der Waals surface area contributed by atoms with E-state index >= 15 is 0 Å². The summed E-state index contributed by atoms with van der Waals surface area (Å²) in [4.78, 5) is 13.0. The van der Waals surface area contributed by atoms with Crippen molar-refractivity contribution in [1.82, 2.24) is 5.32 Å². The number of aliphatic hydroxyl groups excluding tert-OH is 8. The lowest BCUT2D eigenvalue weighted by molar-refractivity contribution is -0.359. The summed E-state index contributed by atoms with van der Waals surface area (Å²) in [7, 11) is 0. The fraction of sp³-hybridized carbons (Fsp3) is 0.886. The second-order valence-corrected chi connectivity index (χ2v) is 16.2. The highest BCUT2D eigenvalue weighted by Gasteiger charge is 2.50. The number of rotatable bonds is 33. The van der Waals surface area contributed by atoms with Crippen LogP contribution in [0.25, 0.3) is 0 Å². The molecular weight excluding hydrogens is 750 g/mol. The second kappa shape index (κ2) is 32.2. The summed E-state index contributed by atoms with van der Waals surface area (Å²) < 4.78 is 22.5. The average molecular weight is 832 g/mol. The van der Waals surface area contributed by atoms with E-state index < -0.39 is 86.8 Å². The predicted octanol–water partition coefficient (Wildman–Crippen LogP) is 4.21. The third-order valence-electron chi connectivity index (χ3n) is 11.1. The third-order valence-corrected chi connectivity index (χ3v) is 11.1. The number of allylic oxidation sites excluding steroid dienone is 3. The van der Waals surface area contributed by atoms with Crippen LogP contribution in [0.2, 0.25) is 0 Å². The van der Waals surface area contributed by atoms with E-state index in [1.54, 1.807) is 6.08 Å². The standard InChI is InChI=1S/C44H81NO13/c1-3-5-7-9-10-11-12-13-14-15-16-17-18-19-20-21-22-24-26-28-36(49)45-32(33(48)27-25-23-8-6-4-2)31-55-43-41(54)39(52)42(35(30-47)57-43)58-44-40(53)38(51)37(50)34(29-46)56-44/h13-14,25,27,32-35,37-44,46-48,50-54H,3-12,15-24,26,28-31H2,1-2H3,(H,45,49)/b14-13-,27-25+. The first-order valence-corrected chi connectivity index (χ1v) is 22.6. The van der Waals surface area contributed by atoms with Crippen LogP contribution < -0.4 is 5.32 Å². The monoisotopic (exact) mass is 832 g/mol. The lowest BCUT2D eigenvalue weighted by Gasteiger charge is -2.46. The summed E-state index contributed by atoms with van der Waals surface area (Å²) in [6.07, 6.45) is 15.7. The number of ether oxygens (including phenoxy) is 4. The van der Waals surface area contributed by atoms with Crippen molar-refractivity contribution in [2.24, 2.45) is 0 Å². The Morgan fingerprint density at radius 1 is 0.603 bits per heavy atom. The SMILES string of the molecule is CCCCC/C=C/C(O)C(COC1OC(CO)C(OC2OC(CO)C(O)C(O)C2O)C(O)C1O)NC(=O)CCCCCCCCCCC/C=C\CCCCCCCC. The van der Waals surface area contributed by atoms with Gasteiger partial charge >= 0.3 is 0 Å². The van der Waals surface area contributed by atoms with E-state index in [9.17, 15) is 45.6 Å². The predicted molar refractivity (Wildman–Crippen MR) is 221 cm³/mol. The van der Waals surface area contributed by atoms with Gasteiger partial charge in [0.1, 0.15) is 48.8 Å². The van der Waals surface area contributed by atoms with Crippen molar-refractivity contribution >= 4 is 5.91 Å². The highest BCUT2D eigenvalue weighted by molar-refractivity contribution is 5.76. The summed E-state index contributed by atoms with van der Waals surface area (Å²) in [5.74, 6) is -0.251. The highest BCUT2D eigenvalue weighted by Crippen LogP contribution is 2.30. The van der Waals surface area contributed by atoms with Crippen LogP contribution in [0.15, 0.2) is 24.3 Å². The summed E-state index contributed by atoms with van der Waals surface area (Å²) >= 11 is 0. The Kier molecular flexibility index (Phi) is 29.2. The minimum atomic E-state index is -1.78. The number of nitrogens with one attached hydrogen (secondary N) is 1. The van der Waals surface area contributed by atoms with Crippen molar-refractivity contribution in [2.75, 3.05) is 19.8 Å². The van der Waals surface area contributed by atoms with Gasteiger partial charge in [-0.1, -0.05) is 128 Å². The molecule has 9 N–H and O–H groups in total. The summed E-state index contributed by atoms with van der Waals surface area (Å²) in [6.45, 7) is 2.64. The Morgan fingerprint density at radius 3 is 1.67 bits per heavy atom. The van der Waals surface area contributed by atoms with Crippen molar-refractivity contribution in [3.05, 3.63) is 24.3 Å². The summed E-state index contributed by atoms with van der Waals surface area (Å²) in [5, 5.41) is 86.0. The molecule has 2 rings (SSSR count). The molecule has 0 aromatic heterocycles. The van der Waals surface area contributed by atoms with Gasteiger partial charge in [0.25, 0.3) is 0 Å². The van der Waals surface area contributed by atoms with Gasteiger partial charge in [-0.3, -0.25) is 4.79 Å². The molecular formula is C44H81NO13. The van der Waals surface area contributed by atoms with Crippen LogP contribution in [-0.4, -0.2) is 140 Å². The molecule has 14 heteroatoms. The first-order chi connectivity index (χ1) is 28.1. The van der Waals surface area contributed by atoms with Crippen LogP contribution >= 0.6 is 0 Å². The van der Waals surface area contributed by atoms with Gasteiger partial charge in [-0.25, -0.2) is 0 Å². The smallest absolute Gasteiger partial charge is 0.220 e. The highest BCUT2D eigenvalue weighted by atomic mass is 16.7. The van der Waals surface area contributed by atoms with Gasteiger partial charge in [0, 0.05) is 6.42 Å². The van der Waals surface area contributed by atoms with E-state index in [4.69, 9.17) is 18.9 Å². The van der Waals surface area contributed by atoms with E-state index in [-0.39, 0.29) is 18.9 Å². The quantitative estimate of drug-likeness (QED) is 0.0334. The van der Waals surface area contributed by atoms with E-state index in [1.807, 2.05) is 6.08 Å². The van der Waals surface area contributed by atoms with Crippen molar-refractivity contribution < 1.29 is 64.6 Å². The third kappa shape index (κ3) is 20.4. The van der Waals surface area contributed by atoms with Gasteiger partial charge in [-0.05, 0) is 44.9 Å². The fourth-order valence-electron chi connectivity index (χ4n) is 7.34. The molecule has 0 radical (unpaired) electrons. The summed E-state index contributed by atoms with van der Waals surface area (Å²) in [5.41, 5.74) is 0. The molecule has 0 aromatic carbocycles. The minimum Gasteiger partial charge on any atom is -0.394 e.